The van der Waals surface area contributed by atoms with Gasteiger partial charge in [-0.15, -0.1) is 0 Å². The highest BCUT2D eigenvalue weighted by atomic mass is 16.6. The van der Waals surface area contributed by atoms with Gasteiger partial charge in [0, 0.05) is 24.8 Å². The minimum absolute atomic E-state index is 0.455. The first-order chi connectivity index (χ1) is 15.2. The third-order valence-electron chi connectivity index (χ3n) is 6.12. The number of aromatic nitrogens is 1. The van der Waals surface area contributed by atoms with E-state index in [1.807, 2.05) is 0 Å². The van der Waals surface area contributed by atoms with Crippen molar-refractivity contribution in [1.29, 1.82) is 0 Å². The van der Waals surface area contributed by atoms with Crippen LogP contribution < -0.4 is 10.6 Å². The normalized spacial score (nSPS) is 20.7. The van der Waals surface area contributed by atoms with Crippen LogP contribution in [0.25, 0.3) is 0 Å². The summed E-state index contributed by atoms with van der Waals surface area (Å²) in [5, 5.41) is 6.05. The van der Waals surface area contributed by atoms with Crippen molar-refractivity contribution in [2.24, 2.45) is 5.92 Å². The standard InChI is InChI=1S/C24H38N4O4/c1-24(2,3)32-23(30)27-19(22(29)31-5)12-14-28(4)20-15-17(20)9-11-18-10-8-16-7-6-13-25-21(16)26-18/h8,10,17,19-20H,6-7,9,11-15H2,1-5H3,(H,25,26)(H,27,30)/t17?,19-,20?/m0/s1. The zero-order chi connectivity index (χ0) is 23.3. The molecule has 0 saturated heterocycles. The van der Waals surface area contributed by atoms with Gasteiger partial charge in [-0.1, -0.05) is 6.07 Å². The third kappa shape index (κ3) is 7.08. The van der Waals surface area contributed by atoms with E-state index in [1.54, 1.807) is 20.8 Å². The van der Waals surface area contributed by atoms with E-state index in [0.717, 1.165) is 43.7 Å². The number of carbonyl (C=O) groups is 2. The molecule has 2 aliphatic rings. The Labute approximate surface area is 191 Å². The van der Waals surface area contributed by atoms with Crippen LogP contribution >= 0.6 is 0 Å². The number of methoxy groups -OCH3 is 1. The van der Waals surface area contributed by atoms with Gasteiger partial charge in [0.25, 0.3) is 0 Å². The van der Waals surface area contributed by atoms with Gasteiger partial charge in [-0.3, -0.25) is 0 Å². The predicted octanol–water partition coefficient (Wildman–Crippen LogP) is 3.15. The molecule has 2 heterocycles. The van der Waals surface area contributed by atoms with Crippen molar-refractivity contribution in [3.63, 3.8) is 0 Å². The molecule has 1 aliphatic carbocycles. The molecule has 1 fully saturated rings. The SMILES string of the molecule is COC(=O)[C@H](CCN(C)C1CC1CCc1ccc2c(n1)NCCC2)NC(=O)OC(C)(C)C. The second-order valence-corrected chi connectivity index (χ2v) is 9.93. The van der Waals surface area contributed by atoms with Crippen LogP contribution in [0, 0.1) is 5.92 Å². The van der Waals surface area contributed by atoms with Gasteiger partial charge in [-0.2, -0.15) is 0 Å². The molecule has 0 radical (unpaired) electrons. The van der Waals surface area contributed by atoms with Gasteiger partial charge in [-0.25, -0.2) is 14.6 Å². The Hall–Kier alpha value is -2.35. The number of rotatable bonds is 9. The summed E-state index contributed by atoms with van der Waals surface area (Å²) >= 11 is 0. The maximum Gasteiger partial charge on any atom is 0.408 e. The summed E-state index contributed by atoms with van der Waals surface area (Å²) in [7, 11) is 3.41. The van der Waals surface area contributed by atoms with Crippen LogP contribution in [0.1, 0.15) is 57.7 Å². The summed E-state index contributed by atoms with van der Waals surface area (Å²) in [6, 6.07) is 4.16. The molecule has 8 nitrogen and oxygen atoms in total. The number of hydrogen-bond acceptors (Lipinski definition) is 7. The Morgan fingerprint density at radius 1 is 1.34 bits per heavy atom. The average molecular weight is 447 g/mol. The summed E-state index contributed by atoms with van der Waals surface area (Å²) < 4.78 is 10.1. The van der Waals surface area contributed by atoms with Crippen molar-refractivity contribution in [3.8, 4) is 0 Å². The molecule has 0 spiro atoms. The number of carbonyl (C=O) groups excluding carboxylic acids is 2. The van der Waals surface area contributed by atoms with Crippen molar-refractivity contribution in [3.05, 3.63) is 23.4 Å². The molecule has 3 rings (SSSR count). The summed E-state index contributed by atoms with van der Waals surface area (Å²) in [6.45, 7) is 7.07. The molecule has 0 aromatic carbocycles. The lowest BCUT2D eigenvalue weighted by Gasteiger charge is -2.24. The van der Waals surface area contributed by atoms with Crippen molar-refractivity contribution in [1.82, 2.24) is 15.2 Å². The van der Waals surface area contributed by atoms with E-state index in [1.165, 1.54) is 19.1 Å². The molecule has 1 aromatic heterocycles. The number of nitrogens with zero attached hydrogens (tertiary/aromatic N) is 2. The summed E-state index contributed by atoms with van der Waals surface area (Å²) in [5.74, 6) is 1.24. The van der Waals surface area contributed by atoms with Crippen molar-refractivity contribution < 1.29 is 19.1 Å². The molecule has 1 saturated carbocycles. The highest BCUT2D eigenvalue weighted by Gasteiger charge is 2.40. The fourth-order valence-electron chi connectivity index (χ4n) is 4.26. The largest absolute Gasteiger partial charge is 0.467 e. The molecule has 2 N–H and O–H groups in total. The van der Waals surface area contributed by atoms with Crippen LogP contribution in [0.3, 0.4) is 0 Å². The van der Waals surface area contributed by atoms with E-state index in [0.29, 0.717) is 24.9 Å². The fraction of sp³-hybridized carbons (Fsp3) is 0.708. The van der Waals surface area contributed by atoms with Gasteiger partial charge < -0.3 is 25.0 Å². The zero-order valence-corrected chi connectivity index (χ0v) is 20.1. The number of fused-ring (bicyclic) bond motifs is 1. The molecule has 3 atom stereocenters. The molecule has 0 bridgehead atoms. The van der Waals surface area contributed by atoms with Crippen molar-refractivity contribution in [2.75, 3.05) is 32.6 Å². The Balaban J connectivity index is 1.42. The first kappa shape index (κ1) is 24.3. The number of amides is 1. The van der Waals surface area contributed by atoms with Gasteiger partial charge in [-0.05, 0) is 83.9 Å². The monoisotopic (exact) mass is 446 g/mol. The Kier molecular flexibility index (Phi) is 7.98. The smallest absolute Gasteiger partial charge is 0.408 e. The second kappa shape index (κ2) is 10.5. The number of aryl methyl sites for hydroxylation is 2. The second-order valence-electron chi connectivity index (χ2n) is 9.93. The van der Waals surface area contributed by atoms with Crippen LogP contribution in [0.15, 0.2) is 12.1 Å². The molecule has 1 aromatic rings. The molecular formula is C24H38N4O4. The molecule has 1 aliphatic heterocycles. The molecule has 2 unspecified atom stereocenters. The molecule has 1 amide bonds. The molecule has 8 heteroatoms. The highest BCUT2D eigenvalue weighted by molar-refractivity contribution is 5.81. The van der Waals surface area contributed by atoms with E-state index in [-0.39, 0.29) is 0 Å². The molecular weight excluding hydrogens is 408 g/mol. The minimum atomic E-state index is -0.721. The lowest BCUT2D eigenvalue weighted by atomic mass is 10.1. The lowest BCUT2D eigenvalue weighted by molar-refractivity contribution is -0.143. The lowest BCUT2D eigenvalue weighted by Crippen LogP contribution is -2.45. The number of ether oxygens (including phenoxy) is 2. The van der Waals surface area contributed by atoms with Crippen LogP contribution in [-0.4, -0.2) is 66.9 Å². The number of anilines is 1. The Morgan fingerprint density at radius 2 is 2.12 bits per heavy atom. The van der Waals surface area contributed by atoms with Crippen molar-refractivity contribution in [2.45, 2.75) is 77.0 Å². The number of alkyl carbamates (subject to hydrolysis) is 1. The fourth-order valence-corrected chi connectivity index (χ4v) is 4.26. The third-order valence-corrected chi connectivity index (χ3v) is 6.12. The van der Waals surface area contributed by atoms with Gasteiger partial charge in [0.05, 0.1) is 7.11 Å². The highest BCUT2D eigenvalue weighted by Crippen LogP contribution is 2.38. The van der Waals surface area contributed by atoms with E-state index in [2.05, 4.69) is 34.7 Å². The Bertz CT molecular complexity index is 808. The Morgan fingerprint density at radius 3 is 2.84 bits per heavy atom. The maximum absolute atomic E-state index is 12.1. The van der Waals surface area contributed by atoms with Crippen LogP contribution in [0.5, 0.6) is 0 Å². The summed E-state index contributed by atoms with van der Waals surface area (Å²) in [6.07, 6.45) is 5.40. The average Bonchev–Trinajstić information content (AvgIpc) is 3.52. The predicted molar refractivity (Wildman–Crippen MR) is 124 cm³/mol. The summed E-state index contributed by atoms with van der Waals surface area (Å²) in [5.41, 5.74) is 1.86. The topological polar surface area (TPSA) is 92.8 Å². The number of hydrogen-bond donors (Lipinski definition) is 2. The number of pyridine rings is 1. The van der Waals surface area contributed by atoms with Gasteiger partial charge >= 0.3 is 12.1 Å². The molecule has 32 heavy (non-hydrogen) atoms. The zero-order valence-electron chi connectivity index (χ0n) is 20.1. The van der Waals surface area contributed by atoms with E-state index >= 15 is 0 Å². The first-order valence-electron chi connectivity index (χ1n) is 11.7. The van der Waals surface area contributed by atoms with Gasteiger partial charge in [0.15, 0.2) is 0 Å². The van der Waals surface area contributed by atoms with E-state index in [4.69, 9.17) is 14.5 Å². The van der Waals surface area contributed by atoms with Crippen LogP contribution in [0.2, 0.25) is 0 Å². The quantitative estimate of drug-likeness (QED) is 0.563. The number of nitrogens with one attached hydrogen (secondary N) is 2. The molecule has 178 valence electrons. The van der Waals surface area contributed by atoms with E-state index in [9.17, 15) is 9.59 Å². The van der Waals surface area contributed by atoms with Gasteiger partial charge in [0.2, 0.25) is 0 Å². The summed E-state index contributed by atoms with van der Waals surface area (Å²) in [4.78, 5) is 31.3. The van der Waals surface area contributed by atoms with Crippen LogP contribution in [0.4, 0.5) is 10.6 Å². The van der Waals surface area contributed by atoms with E-state index < -0.39 is 23.7 Å². The van der Waals surface area contributed by atoms with Crippen LogP contribution in [-0.2, 0) is 27.1 Å². The first-order valence-corrected chi connectivity index (χ1v) is 11.7. The van der Waals surface area contributed by atoms with Gasteiger partial charge in [0.1, 0.15) is 17.5 Å². The van der Waals surface area contributed by atoms with Crippen molar-refractivity contribution >= 4 is 17.9 Å². The number of esters is 1. The maximum atomic E-state index is 12.1. The minimum Gasteiger partial charge on any atom is -0.467 e.